The minimum Gasteiger partial charge on any atom is -0.466 e. The number of hydrogen-bond donors (Lipinski definition) is 0. The molecule has 0 saturated carbocycles. The summed E-state index contributed by atoms with van der Waals surface area (Å²) in [6.45, 7) is -0.740. The quantitative estimate of drug-likeness (QED) is 0.433. The molecular weight excluding hydrogens is 483 g/mol. The summed E-state index contributed by atoms with van der Waals surface area (Å²) in [5.41, 5.74) is -1.95. The molecule has 9 nitrogen and oxygen atoms in total. The van der Waals surface area contributed by atoms with Crippen molar-refractivity contribution in [2.75, 3.05) is 39.6 Å². The van der Waals surface area contributed by atoms with Crippen LogP contribution < -0.4 is 9.64 Å². The van der Waals surface area contributed by atoms with Gasteiger partial charge in [-0.2, -0.15) is 13.2 Å². The van der Waals surface area contributed by atoms with Gasteiger partial charge in [-0.3, -0.25) is 0 Å². The summed E-state index contributed by atoms with van der Waals surface area (Å²) >= 11 is 1.00. The van der Waals surface area contributed by atoms with Crippen LogP contribution in [0.5, 0.6) is 11.5 Å². The van der Waals surface area contributed by atoms with Gasteiger partial charge >= 0.3 is 24.1 Å². The van der Waals surface area contributed by atoms with Crippen LogP contribution in [0.25, 0.3) is 0 Å². The average Bonchev–Trinajstić information content (AvgIpc) is 3.29. The second kappa shape index (κ2) is 10.1. The van der Waals surface area contributed by atoms with Gasteiger partial charge in [-0.1, -0.05) is 0 Å². The van der Waals surface area contributed by atoms with Crippen LogP contribution in [0.3, 0.4) is 0 Å². The van der Waals surface area contributed by atoms with Crippen LogP contribution in [0.4, 0.5) is 18.9 Å². The van der Waals surface area contributed by atoms with Crippen molar-refractivity contribution < 1.29 is 51.2 Å². The molecule has 0 spiro atoms. The minimum atomic E-state index is -4.73. The number of carbonyl (C=O) groups is 3. The van der Waals surface area contributed by atoms with Gasteiger partial charge in [0, 0.05) is 0 Å². The predicted octanol–water partition coefficient (Wildman–Crippen LogP) is 3.74. The maximum atomic E-state index is 13.5. The lowest BCUT2D eigenvalue weighted by molar-refractivity contribution is -0.140. The number of thiophene rings is 1. The van der Waals surface area contributed by atoms with Gasteiger partial charge in [0.2, 0.25) is 0 Å². The molecule has 1 aliphatic heterocycles. The Morgan fingerprint density at radius 2 is 1.65 bits per heavy atom. The maximum absolute atomic E-state index is 13.5. The lowest BCUT2D eigenvalue weighted by Gasteiger charge is -2.32. The van der Waals surface area contributed by atoms with Crippen molar-refractivity contribution in [3.63, 3.8) is 0 Å². The summed E-state index contributed by atoms with van der Waals surface area (Å²) < 4.78 is 65.8. The molecule has 0 saturated heterocycles. The van der Waals surface area contributed by atoms with Gasteiger partial charge in [0.05, 0.1) is 44.8 Å². The van der Waals surface area contributed by atoms with Crippen LogP contribution in [-0.2, 0) is 34.7 Å². The number of ether oxygens (including phenoxy) is 5. The third-order valence-corrected chi connectivity index (χ3v) is 5.51. The SMILES string of the molecule is COC(=O)C1=C(C(=O)OC)N(c2cc(C(F)(F)F)ccc2Oc2ccsc2C(=O)OC)COC1. The molecule has 1 aliphatic rings. The van der Waals surface area contributed by atoms with E-state index in [1.165, 1.54) is 18.6 Å². The first-order chi connectivity index (χ1) is 16.1. The van der Waals surface area contributed by atoms with E-state index in [1.54, 1.807) is 0 Å². The van der Waals surface area contributed by atoms with Gasteiger partial charge in [0.25, 0.3) is 0 Å². The summed E-state index contributed by atoms with van der Waals surface area (Å²) in [5.74, 6) is -2.77. The van der Waals surface area contributed by atoms with E-state index in [-0.39, 0.29) is 39.9 Å². The molecule has 13 heteroatoms. The largest absolute Gasteiger partial charge is 0.466 e. The van der Waals surface area contributed by atoms with Crippen LogP contribution in [0, 0.1) is 0 Å². The fraction of sp³-hybridized carbons (Fsp3) is 0.286. The summed E-state index contributed by atoms with van der Waals surface area (Å²) in [5, 5.41) is 1.53. The van der Waals surface area contributed by atoms with E-state index in [0.29, 0.717) is 0 Å². The highest BCUT2D eigenvalue weighted by molar-refractivity contribution is 7.12. The summed E-state index contributed by atoms with van der Waals surface area (Å²) in [6.07, 6.45) is -4.73. The smallest absolute Gasteiger partial charge is 0.416 e. The molecule has 0 unspecified atom stereocenters. The number of nitrogens with zero attached hydrogens (tertiary/aromatic N) is 1. The first-order valence-electron chi connectivity index (χ1n) is 9.42. The van der Waals surface area contributed by atoms with Gasteiger partial charge < -0.3 is 28.6 Å². The van der Waals surface area contributed by atoms with E-state index < -0.39 is 36.4 Å². The van der Waals surface area contributed by atoms with E-state index in [9.17, 15) is 27.6 Å². The molecule has 2 heterocycles. The molecule has 0 bridgehead atoms. The van der Waals surface area contributed by atoms with Gasteiger partial charge in [0.1, 0.15) is 12.4 Å². The fourth-order valence-corrected chi connectivity index (χ4v) is 3.80. The monoisotopic (exact) mass is 501 g/mol. The molecule has 2 aromatic rings. The van der Waals surface area contributed by atoms with Crippen LogP contribution in [0.1, 0.15) is 15.2 Å². The Balaban J connectivity index is 2.20. The number of hydrogen-bond acceptors (Lipinski definition) is 10. The zero-order chi connectivity index (χ0) is 25.0. The lowest BCUT2D eigenvalue weighted by atomic mass is 10.1. The van der Waals surface area contributed by atoms with E-state index in [4.69, 9.17) is 18.9 Å². The van der Waals surface area contributed by atoms with Gasteiger partial charge in [-0.05, 0) is 29.6 Å². The predicted molar refractivity (Wildman–Crippen MR) is 112 cm³/mol. The molecule has 1 aromatic carbocycles. The molecule has 1 aromatic heterocycles. The second-order valence-corrected chi connectivity index (χ2v) is 7.52. The molecule has 182 valence electrons. The van der Waals surface area contributed by atoms with E-state index in [1.807, 2.05) is 0 Å². The zero-order valence-electron chi connectivity index (χ0n) is 18.1. The van der Waals surface area contributed by atoms with Crippen LogP contribution in [0.2, 0.25) is 0 Å². The number of benzene rings is 1. The van der Waals surface area contributed by atoms with E-state index in [0.717, 1.165) is 48.7 Å². The second-order valence-electron chi connectivity index (χ2n) is 6.60. The summed E-state index contributed by atoms with van der Waals surface area (Å²) in [4.78, 5) is 37.9. The lowest BCUT2D eigenvalue weighted by Crippen LogP contribution is -2.39. The van der Waals surface area contributed by atoms with Crippen LogP contribution in [-0.4, -0.2) is 52.6 Å². The average molecular weight is 501 g/mol. The number of carbonyl (C=O) groups excluding carboxylic acids is 3. The number of anilines is 1. The molecule has 0 N–H and O–H groups in total. The Bertz CT molecular complexity index is 1140. The van der Waals surface area contributed by atoms with Crippen molar-refractivity contribution in [2.24, 2.45) is 0 Å². The van der Waals surface area contributed by atoms with Gasteiger partial charge in [-0.25, -0.2) is 14.4 Å². The molecule has 0 amide bonds. The molecule has 0 fully saturated rings. The topological polar surface area (TPSA) is 101 Å². The molecule has 3 rings (SSSR count). The van der Waals surface area contributed by atoms with Crippen molar-refractivity contribution >= 4 is 34.9 Å². The maximum Gasteiger partial charge on any atom is 0.416 e. The highest BCUT2D eigenvalue weighted by Gasteiger charge is 2.37. The Kier molecular flexibility index (Phi) is 7.47. The number of alkyl halides is 3. The van der Waals surface area contributed by atoms with Gasteiger partial charge in [0.15, 0.2) is 16.4 Å². The van der Waals surface area contributed by atoms with E-state index >= 15 is 0 Å². The highest BCUT2D eigenvalue weighted by atomic mass is 32.1. The summed E-state index contributed by atoms with van der Waals surface area (Å²) in [6, 6.07) is 3.96. The third kappa shape index (κ3) is 4.99. The zero-order valence-corrected chi connectivity index (χ0v) is 18.9. The number of methoxy groups -OCH3 is 3. The Morgan fingerprint density at radius 1 is 0.971 bits per heavy atom. The van der Waals surface area contributed by atoms with Crippen molar-refractivity contribution in [1.82, 2.24) is 0 Å². The number of halogens is 3. The van der Waals surface area contributed by atoms with Crippen molar-refractivity contribution in [3.05, 3.63) is 51.4 Å². The normalized spacial score (nSPS) is 14.0. The Morgan fingerprint density at radius 3 is 2.26 bits per heavy atom. The Labute approximate surface area is 195 Å². The van der Waals surface area contributed by atoms with Crippen LogP contribution >= 0.6 is 11.3 Å². The molecule has 0 aliphatic carbocycles. The molecule has 0 atom stereocenters. The molecular formula is C21H18F3NO8S. The summed E-state index contributed by atoms with van der Waals surface area (Å²) in [7, 11) is 3.30. The van der Waals surface area contributed by atoms with Crippen molar-refractivity contribution in [3.8, 4) is 11.5 Å². The molecule has 34 heavy (non-hydrogen) atoms. The minimum absolute atomic E-state index is 0.0209. The first kappa shape index (κ1) is 25.1. The first-order valence-corrected chi connectivity index (χ1v) is 10.3. The van der Waals surface area contributed by atoms with Crippen molar-refractivity contribution in [1.29, 1.82) is 0 Å². The van der Waals surface area contributed by atoms with Crippen LogP contribution in [0.15, 0.2) is 40.9 Å². The fourth-order valence-electron chi connectivity index (χ4n) is 3.06. The van der Waals surface area contributed by atoms with Gasteiger partial charge in [-0.15, -0.1) is 11.3 Å². The molecule has 0 radical (unpaired) electrons. The van der Waals surface area contributed by atoms with Crippen molar-refractivity contribution in [2.45, 2.75) is 6.18 Å². The standard InChI is InChI=1S/C21H18F3NO8S/c1-29-18(26)12-9-32-10-25(16(12)19(27)30-2)13-8-11(21(22,23)24)4-5-14(13)33-15-6-7-34-17(15)20(28)31-3/h4-8H,9-10H2,1-3H3. The Hall–Kier alpha value is -3.58. The number of esters is 3. The number of rotatable bonds is 6. The highest BCUT2D eigenvalue weighted by Crippen LogP contribution is 2.42. The third-order valence-electron chi connectivity index (χ3n) is 4.63. The van der Waals surface area contributed by atoms with E-state index in [2.05, 4.69) is 4.74 Å².